The molecule has 8 rings (SSSR count). The van der Waals surface area contributed by atoms with Crippen LogP contribution >= 0.6 is 11.3 Å². The van der Waals surface area contributed by atoms with Crippen molar-refractivity contribution in [2.24, 2.45) is 0 Å². The maximum Gasteiger partial charge on any atom is 0.124 e. The second-order valence-electron chi connectivity index (χ2n) is 12.2. The van der Waals surface area contributed by atoms with Gasteiger partial charge in [0.15, 0.2) is 0 Å². The van der Waals surface area contributed by atoms with E-state index < -0.39 is 0 Å². The molecule has 5 aromatic carbocycles. The SMILES string of the molecule is Cc1cc(C)cc(-c2cc(-c3[c-]c(-c4cc(-c5cccc6c5sc5ccccc56)cc(C)n4)ccc3)nc(-c3ccccc3O)c2)c1.[Pt]. The molecule has 0 saturated carbocycles. The fourth-order valence-electron chi connectivity index (χ4n) is 6.51. The smallest absolute Gasteiger partial charge is 0.124 e. The Kier molecular flexibility index (Phi) is 8.56. The van der Waals surface area contributed by atoms with Gasteiger partial charge in [0, 0.05) is 63.9 Å². The number of aryl methyl sites for hydroxylation is 3. The Hall–Kier alpha value is -4.89. The Labute approximate surface area is 298 Å². The summed E-state index contributed by atoms with van der Waals surface area (Å²) in [4.78, 5) is 10.0. The first-order chi connectivity index (χ1) is 22.9. The molecular weight excluding hydrogens is 788 g/mol. The molecule has 236 valence electrons. The molecule has 0 radical (unpaired) electrons. The van der Waals surface area contributed by atoms with Gasteiger partial charge in [-0.15, -0.1) is 35.6 Å². The van der Waals surface area contributed by atoms with Gasteiger partial charge in [0.05, 0.1) is 5.69 Å². The number of nitrogens with zero attached hydrogens (tertiary/aromatic N) is 2. The van der Waals surface area contributed by atoms with Crippen molar-refractivity contribution in [1.82, 2.24) is 9.97 Å². The minimum Gasteiger partial charge on any atom is -0.507 e. The van der Waals surface area contributed by atoms with Crippen LogP contribution in [-0.2, 0) is 21.1 Å². The van der Waals surface area contributed by atoms with Gasteiger partial charge in [-0.05, 0) is 73.4 Å². The molecule has 0 aliphatic rings. The topological polar surface area (TPSA) is 46.0 Å². The van der Waals surface area contributed by atoms with E-state index in [-0.39, 0.29) is 26.8 Å². The summed E-state index contributed by atoms with van der Waals surface area (Å²) in [7, 11) is 0. The maximum atomic E-state index is 10.8. The van der Waals surface area contributed by atoms with Gasteiger partial charge >= 0.3 is 0 Å². The molecule has 0 saturated heterocycles. The summed E-state index contributed by atoms with van der Waals surface area (Å²) in [5.74, 6) is 0.200. The van der Waals surface area contributed by atoms with Crippen LogP contribution in [0.3, 0.4) is 0 Å². The Balaban J connectivity index is 0.00000364. The first kappa shape index (κ1) is 31.7. The summed E-state index contributed by atoms with van der Waals surface area (Å²) in [5.41, 5.74) is 12.7. The standard InChI is InChI=1S/C43H31N2OS.Pt/c1-26-18-27(2)20-31(19-26)32-23-39(45-40(24-32)37-13-4-6-16-41(37)46)30-11-8-10-29(22-30)38-25-33(21-28(3)44-38)34-14-9-15-36-35-12-5-7-17-42(35)47-43(34)36;/h4-21,23-25,46H,1-3H3;/q-1;. The van der Waals surface area contributed by atoms with Crippen molar-refractivity contribution in [3.8, 4) is 61.8 Å². The first-order valence-corrected chi connectivity index (χ1v) is 16.5. The van der Waals surface area contributed by atoms with Gasteiger partial charge in [0.25, 0.3) is 0 Å². The van der Waals surface area contributed by atoms with Gasteiger partial charge in [-0.3, -0.25) is 9.97 Å². The number of rotatable bonds is 5. The molecule has 3 heterocycles. The largest absolute Gasteiger partial charge is 0.507 e. The number of thiophene rings is 1. The number of para-hydroxylation sites is 1. The van der Waals surface area contributed by atoms with Crippen molar-refractivity contribution in [3.05, 3.63) is 150 Å². The second-order valence-corrected chi connectivity index (χ2v) is 13.2. The van der Waals surface area contributed by atoms with Crippen molar-refractivity contribution in [2.75, 3.05) is 0 Å². The van der Waals surface area contributed by atoms with E-state index >= 15 is 0 Å². The molecule has 5 heteroatoms. The maximum absolute atomic E-state index is 10.8. The molecule has 8 aromatic rings. The van der Waals surface area contributed by atoms with Crippen molar-refractivity contribution in [1.29, 1.82) is 0 Å². The van der Waals surface area contributed by atoms with E-state index in [1.165, 1.54) is 36.9 Å². The number of benzene rings is 5. The van der Waals surface area contributed by atoms with Crippen LogP contribution in [0.4, 0.5) is 0 Å². The average Bonchev–Trinajstić information content (AvgIpc) is 3.47. The number of phenols is 1. The molecular formula is C43H31N2OPtS-. The van der Waals surface area contributed by atoms with E-state index in [9.17, 15) is 5.11 Å². The van der Waals surface area contributed by atoms with Crippen LogP contribution < -0.4 is 0 Å². The van der Waals surface area contributed by atoms with Crippen LogP contribution in [0.5, 0.6) is 5.75 Å². The number of pyridine rings is 2. The fraction of sp³-hybridized carbons (Fsp3) is 0.0698. The Morgan fingerprint density at radius 2 is 1.15 bits per heavy atom. The van der Waals surface area contributed by atoms with Gasteiger partial charge in [-0.1, -0.05) is 101 Å². The molecule has 0 fully saturated rings. The van der Waals surface area contributed by atoms with E-state index in [1.807, 2.05) is 41.7 Å². The van der Waals surface area contributed by atoms with Crippen molar-refractivity contribution in [2.45, 2.75) is 20.8 Å². The van der Waals surface area contributed by atoms with Gasteiger partial charge in [0.2, 0.25) is 0 Å². The molecule has 0 amide bonds. The van der Waals surface area contributed by atoms with Gasteiger partial charge < -0.3 is 5.11 Å². The van der Waals surface area contributed by atoms with E-state index in [0.717, 1.165) is 44.9 Å². The van der Waals surface area contributed by atoms with Crippen molar-refractivity contribution in [3.63, 3.8) is 0 Å². The zero-order valence-electron chi connectivity index (χ0n) is 26.7. The molecule has 3 nitrogen and oxygen atoms in total. The minimum atomic E-state index is 0. The second kappa shape index (κ2) is 13.0. The van der Waals surface area contributed by atoms with Crippen LogP contribution in [0.2, 0.25) is 0 Å². The monoisotopic (exact) mass is 818 g/mol. The third-order valence-corrected chi connectivity index (χ3v) is 9.80. The quantitative estimate of drug-likeness (QED) is 0.176. The van der Waals surface area contributed by atoms with Crippen LogP contribution in [0.1, 0.15) is 16.8 Å². The van der Waals surface area contributed by atoms with Crippen LogP contribution in [-0.4, -0.2) is 15.1 Å². The molecule has 48 heavy (non-hydrogen) atoms. The number of aromatic hydroxyl groups is 1. The summed E-state index contributed by atoms with van der Waals surface area (Å²) < 4.78 is 2.58. The van der Waals surface area contributed by atoms with E-state index in [0.29, 0.717) is 11.3 Å². The molecule has 3 aromatic heterocycles. The fourth-order valence-corrected chi connectivity index (χ4v) is 7.75. The number of phenolic OH excluding ortho intramolecular Hbond substituents is 1. The van der Waals surface area contributed by atoms with Crippen LogP contribution in [0.15, 0.2) is 127 Å². The molecule has 0 atom stereocenters. The van der Waals surface area contributed by atoms with Crippen LogP contribution in [0.25, 0.3) is 76.2 Å². The number of hydrogen-bond donors (Lipinski definition) is 1. The van der Waals surface area contributed by atoms with Crippen LogP contribution in [0, 0.1) is 26.8 Å². The zero-order valence-corrected chi connectivity index (χ0v) is 29.8. The van der Waals surface area contributed by atoms with Gasteiger partial charge in [-0.2, -0.15) is 0 Å². The molecule has 0 aliphatic heterocycles. The normalized spacial score (nSPS) is 11.1. The van der Waals surface area contributed by atoms with E-state index in [4.69, 9.17) is 9.97 Å². The Morgan fingerprint density at radius 1 is 0.542 bits per heavy atom. The van der Waals surface area contributed by atoms with Crippen molar-refractivity contribution >= 4 is 31.5 Å². The number of fused-ring (bicyclic) bond motifs is 3. The molecule has 0 unspecified atom stereocenters. The number of aromatic nitrogens is 2. The Bertz CT molecular complexity index is 2460. The Morgan fingerprint density at radius 3 is 1.94 bits per heavy atom. The third-order valence-electron chi connectivity index (χ3n) is 8.58. The zero-order chi connectivity index (χ0) is 32.1. The predicted molar refractivity (Wildman–Crippen MR) is 197 cm³/mol. The van der Waals surface area contributed by atoms with Gasteiger partial charge in [-0.25, -0.2) is 0 Å². The van der Waals surface area contributed by atoms with E-state index in [1.54, 1.807) is 6.07 Å². The summed E-state index contributed by atoms with van der Waals surface area (Å²) in [6.07, 6.45) is 0. The van der Waals surface area contributed by atoms with Crippen molar-refractivity contribution < 1.29 is 26.2 Å². The number of hydrogen-bond acceptors (Lipinski definition) is 4. The molecule has 1 N–H and O–H groups in total. The summed E-state index contributed by atoms with van der Waals surface area (Å²) in [6, 6.07) is 47.4. The summed E-state index contributed by atoms with van der Waals surface area (Å²) >= 11 is 1.84. The van der Waals surface area contributed by atoms with Gasteiger partial charge in [0.1, 0.15) is 5.75 Å². The molecule has 0 spiro atoms. The average molecular weight is 819 g/mol. The van der Waals surface area contributed by atoms with E-state index in [2.05, 4.69) is 118 Å². The molecule has 0 bridgehead atoms. The third kappa shape index (κ3) is 5.99. The summed E-state index contributed by atoms with van der Waals surface area (Å²) in [6.45, 7) is 6.28. The summed E-state index contributed by atoms with van der Waals surface area (Å²) in [5, 5.41) is 13.3. The predicted octanol–water partition coefficient (Wildman–Crippen LogP) is 11.6. The minimum absolute atomic E-state index is 0. The molecule has 0 aliphatic carbocycles. The first-order valence-electron chi connectivity index (χ1n) is 15.7.